The van der Waals surface area contributed by atoms with E-state index in [0.717, 1.165) is 32.5 Å². The van der Waals surface area contributed by atoms with Crippen molar-refractivity contribution >= 4 is 17.3 Å². The van der Waals surface area contributed by atoms with Crippen molar-refractivity contribution in [3.63, 3.8) is 0 Å². The van der Waals surface area contributed by atoms with Gasteiger partial charge in [0.25, 0.3) is 0 Å². The lowest BCUT2D eigenvalue weighted by molar-refractivity contribution is -0.144. The Kier molecular flexibility index (Phi) is 3.96. The Hall–Kier alpha value is -0.870. The Morgan fingerprint density at radius 3 is 3.25 bits per heavy atom. The van der Waals surface area contributed by atoms with Crippen molar-refractivity contribution in [3.05, 3.63) is 22.4 Å². The number of carbonyl (C=O) groups is 1. The minimum absolute atomic E-state index is 0.0568. The minimum atomic E-state index is -0.0568. The van der Waals surface area contributed by atoms with Crippen LogP contribution >= 0.6 is 11.3 Å². The van der Waals surface area contributed by atoms with E-state index in [9.17, 15) is 4.79 Å². The Labute approximate surface area is 100 Å². The molecule has 0 amide bonds. The van der Waals surface area contributed by atoms with Gasteiger partial charge in [-0.05, 0) is 30.8 Å². The molecular formula is C12H17NO2S. The number of hydrogen-bond acceptors (Lipinski definition) is 4. The highest BCUT2D eigenvalue weighted by atomic mass is 32.1. The molecule has 0 bridgehead atoms. The standard InChI is InChI=1S/C12H17NO2S/c1-15-12(14)10-4-6-13(9-10)7-5-11-3-2-8-16-11/h2-3,8,10H,4-7,9H2,1H3. The van der Waals surface area contributed by atoms with Crippen LogP contribution in [0.15, 0.2) is 17.5 Å². The van der Waals surface area contributed by atoms with E-state index in [2.05, 4.69) is 22.4 Å². The van der Waals surface area contributed by atoms with Gasteiger partial charge in [0.1, 0.15) is 0 Å². The lowest BCUT2D eigenvalue weighted by atomic mass is 10.1. The minimum Gasteiger partial charge on any atom is -0.469 e. The van der Waals surface area contributed by atoms with Gasteiger partial charge in [0.2, 0.25) is 0 Å². The summed E-state index contributed by atoms with van der Waals surface area (Å²) in [4.78, 5) is 15.1. The van der Waals surface area contributed by atoms with Crippen molar-refractivity contribution in [3.8, 4) is 0 Å². The summed E-state index contributed by atoms with van der Waals surface area (Å²) in [5, 5.41) is 2.11. The molecule has 2 rings (SSSR count). The maximum atomic E-state index is 11.3. The molecule has 16 heavy (non-hydrogen) atoms. The normalized spacial score (nSPS) is 21.2. The molecule has 1 aliphatic heterocycles. The first-order valence-corrected chi connectivity index (χ1v) is 6.50. The van der Waals surface area contributed by atoms with Crippen LogP contribution < -0.4 is 0 Å². The fourth-order valence-electron chi connectivity index (χ4n) is 2.12. The Balaban J connectivity index is 1.75. The van der Waals surface area contributed by atoms with Crippen molar-refractivity contribution in [1.82, 2.24) is 4.90 Å². The quantitative estimate of drug-likeness (QED) is 0.750. The molecule has 1 saturated heterocycles. The average molecular weight is 239 g/mol. The zero-order chi connectivity index (χ0) is 11.4. The number of carbonyl (C=O) groups excluding carboxylic acids is 1. The SMILES string of the molecule is COC(=O)C1CCN(CCc2cccs2)C1. The molecule has 1 aromatic heterocycles. The number of hydrogen-bond donors (Lipinski definition) is 0. The highest BCUT2D eigenvalue weighted by Gasteiger charge is 2.28. The van der Waals surface area contributed by atoms with E-state index in [0.29, 0.717) is 0 Å². The van der Waals surface area contributed by atoms with Gasteiger partial charge in [-0.15, -0.1) is 11.3 Å². The second kappa shape index (κ2) is 5.46. The van der Waals surface area contributed by atoms with E-state index in [-0.39, 0.29) is 11.9 Å². The molecule has 1 aliphatic rings. The van der Waals surface area contributed by atoms with Crippen LogP contribution in [0.4, 0.5) is 0 Å². The van der Waals surface area contributed by atoms with E-state index < -0.39 is 0 Å². The maximum absolute atomic E-state index is 11.3. The number of methoxy groups -OCH3 is 1. The molecule has 0 aromatic carbocycles. The van der Waals surface area contributed by atoms with Gasteiger partial charge in [0.15, 0.2) is 0 Å². The zero-order valence-corrected chi connectivity index (χ0v) is 10.3. The van der Waals surface area contributed by atoms with Gasteiger partial charge in [0.05, 0.1) is 13.0 Å². The number of rotatable bonds is 4. The van der Waals surface area contributed by atoms with E-state index in [4.69, 9.17) is 4.74 Å². The Bertz CT molecular complexity index is 337. The molecule has 1 unspecified atom stereocenters. The molecule has 1 aromatic rings. The number of thiophene rings is 1. The van der Waals surface area contributed by atoms with Gasteiger partial charge in [0, 0.05) is 18.0 Å². The second-order valence-electron chi connectivity index (χ2n) is 4.14. The van der Waals surface area contributed by atoms with Crippen molar-refractivity contribution in [2.45, 2.75) is 12.8 Å². The van der Waals surface area contributed by atoms with E-state index in [1.807, 2.05) is 0 Å². The lowest BCUT2D eigenvalue weighted by Gasteiger charge is -2.14. The van der Waals surface area contributed by atoms with Crippen LogP contribution in [-0.2, 0) is 16.0 Å². The summed E-state index contributed by atoms with van der Waals surface area (Å²) in [5.74, 6) is 0.0342. The third-order valence-electron chi connectivity index (χ3n) is 3.06. The van der Waals surface area contributed by atoms with Gasteiger partial charge in [-0.2, -0.15) is 0 Å². The van der Waals surface area contributed by atoms with E-state index in [1.165, 1.54) is 12.0 Å². The predicted octanol–water partition coefficient (Wildman–Crippen LogP) is 1.79. The topological polar surface area (TPSA) is 29.5 Å². The molecule has 4 heteroatoms. The molecule has 88 valence electrons. The fraction of sp³-hybridized carbons (Fsp3) is 0.583. The summed E-state index contributed by atoms with van der Waals surface area (Å²) < 4.78 is 4.77. The molecule has 0 aliphatic carbocycles. The monoisotopic (exact) mass is 239 g/mol. The van der Waals surface area contributed by atoms with Gasteiger partial charge in [-0.1, -0.05) is 6.07 Å². The van der Waals surface area contributed by atoms with Gasteiger partial charge in [-0.3, -0.25) is 4.79 Å². The Morgan fingerprint density at radius 2 is 2.56 bits per heavy atom. The number of esters is 1. The predicted molar refractivity (Wildman–Crippen MR) is 64.6 cm³/mol. The first kappa shape index (κ1) is 11.6. The average Bonchev–Trinajstić information content (AvgIpc) is 2.96. The van der Waals surface area contributed by atoms with Gasteiger partial charge >= 0.3 is 5.97 Å². The van der Waals surface area contributed by atoms with E-state index in [1.54, 1.807) is 11.3 Å². The summed E-state index contributed by atoms with van der Waals surface area (Å²) in [6.45, 7) is 2.93. The number of ether oxygens (including phenoxy) is 1. The van der Waals surface area contributed by atoms with Crippen molar-refractivity contribution in [1.29, 1.82) is 0 Å². The smallest absolute Gasteiger partial charge is 0.310 e. The zero-order valence-electron chi connectivity index (χ0n) is 9.52. The van der Waals surface area contributed by atoms with Gasteiger partial charge in [-0.25, -0.2) is 0 Å². The van der Waals surface area contributed by atoms with E-state index >= 15 is 0 Å². The van der Waals surface area contributed by atoms with Crippen LogP contribution in [0, 0.1) is 5.92 Å². The number of nitrogens with zero attached hydrogens (tertiary/aromatic N) is 1. The summed E-state index contributed by atoms with van der Waals surface area (Å²) in [5.41, 5.74) is 0. The lowest BCUT2D eigenvalue weighted by Crippen LogP contribution is -2.25. The van der Waals surface area contributed by atoms with Crippen LogP contribution in [0.5, 0.6) is 0 Å². The molecule has 0 spiro atoms. The molecule has 2 heterocycles. The van der Waals surface area contributed by atoms with Crippen molar-refractivity contribution in [2.24, 2.45) is 5.92 Å². The third kappa shape index (κ3) is 2.83. The van der Waals surface area contributed by atoms with Crippen LogP contribution in [-0.4, -0.2) is 37.6 Å². The maximum Gasteiger partial charge on any atom is 0.310 e. The van der Waals surface area contributed by atoms with Crippen LogP contribution in [0.3, 0.4) is 0 Å². The molecular weight excluding hydrogens is 222 g/mol. The summed E-state index contributed by atoms with van der Waals surface area (Å²) >= 11 is 1.80. The summed E-state index contributed by atoms with van der Waals surface area (Å²) in [6, 6.07) is 4.25. The first-order chi connectivity index (χ1) is 7.79. The molecule has 0 N–H and O–H groups in total. The molecule has 3 nitrogen and oxygen atoms in total. The molecule has 0 saturated carbocycles. The second-order valence-corrected chi connectivity index (χ2v) is 5.17. The first-order valence-electron chi connectivity index (χ1n) is 5.62. The van der Waals surface area contributed by atoms with Crippen LogP contribution in [0.25, 0.3) is 0 Å². The largest absolute Gasteiger partial charge is 0.469 e. The van der Waals surface area contributed by atoms with Crippen molar-refractivity contribution in [2.75, 3.05) is 26.7 Å². The molecule has 1 atom stereocenters. The third-order valence-corrected chi connectivity index (χ3v) is 4.00. The van der Waals surface area contributed by atoms with Crippen LogP contribution in [0.1, 0.15) is 11.3 Å². The fourth-order valence-corrected chi connectivity index (χ4v) is 2.82. The number of likely N-dealkylation sites (tertiary alicyclic amines) is 1. The summed E-state index contributed by atoms with van der Waals surface area (Å²) in [7, 11) is 1.47. The molecule has 0 radical (unpaired) electrons. The molecule has 1 fully saturated rings. The van der Waals surface area contributed by atoms with Crippen molar-refractivity contribution < 1.29 is 9.53 Å². The highest BCUT2D eigenvalue weighted by Crippen LogP contribution is 2.18. The highest BCUT2D eigenvalue weighted by molar-refractivity contribution is 7.09. The van der Waals surface area contributed by atoms with Gasteiger partial charge < -0.3 is 9.64 Å². The summed E-state index contributed by atoms with van der Waals surface area (Å²) in [6.07, 6.45) is 2.03. The van der Waals surface area contributed by atoms with Crippen LogP contribution in [0.2, 0.25) is 0 Å². The Morgan fingerprint density at radius 1 is 1.69 bits per heavy atom.